The molecule has 0 saturated heterocycles. The summed E-state index contributed by atoms with van der Waals surface area (Å²) >= 11 is 0. The molecule has 1 N–H and O–H groups in total. The highest BCUT2D eigenvalue weighted by Crippen LogP contribution is 2.33. The van der Waals surface area contributed by atoms with Gasteiger partial charge in [-0.15, -0.1) is 0 Å². The summed E-state index contributed by atoms with van der Waals surface area (Å²) in [5, 5.41) is 3.70. The summed E-state index contributed by atoms with van der Waals surface area (Å²) < 4.78 is 5.88. The monoisotopic (exact) mass is 275 g/mol. The van der Waals surface area contributed by atoms with Crippen molar-refractivity contribution in [2.45, 2.75) is 57.6 Å². The van der Waals surface area contributed by atoms with Crippen LogP contribution in [0.1, 0.15) is 57.1 Å². The first kappa shape index (κ1) is 15.5. The number of ether oxygens (including phenoxy) is 1. The molecular formula is C18H29NO. The van der Waals surface area contributed by atoms with Crippen molar-refractivity contribution in [2.75, 3.05) is 13.7 Å². The topological polar surface area (TPSA) is 21.3 Å². The van der Waals surface area contributed by atoms with E-state index < -0.39 is 0 Å². The van der Waals surface area contributed by atoms with E-state index in [0.717, 1.165) is 12.5 Å². The molecule has 2 rings (SSSR count). The maximum absolute atomic E-state index is 5.88. The number of rotatable bonds is 6. The Bertz CT molecular complexity index is 357. The predicted molar refractivity (Wildman–Crippen MR) is 84.8 cm³/mol. The van der Waals surface area contributed by atoms with E-state index in [4.69, 9.17) is 4.74 Å². The minimum absolute atomic E-state index is 0.166. The van der Waals surface area contributed by atoms with Crippen molar-refractivity contribution in [3.05, 3.63) is 35.9 Å². The van der Waals surface area contributed by atoms with Gasteiger partial charge in [0.1, 0.15) is 0 Å². The second-order valence-corrected chi connectivity index (χ2v) is 5.90. The van der Waals surface area contributed by atoms with Crippen LogP contribution in [0.25, 0.3) is 0 Å². The van der Waals surface area contributed by atoms with Crippen LogP contribution in [-0.4, -0.2) is 19.7 Å². The Labute approximate surface area is 123 Å². The molecular weight excluding hydrogens is 246 g/mol. The molecule has 1 aromatic rings. The first-order valence-electron chi connectivity index (χ1n) is 8.18. The van der Waals surface area contributed by atoms with E-state index in [1.165, 1.54) is 44.1 Å². The van der Waals surface area contributed by atoms with E-state index in [2.05, 4.69) is 42.6 Å². The van der Waals surface area contributed by atoms with Gasteiger partial charge in [-0.25, -0.2) is 0 Å². The van der Waals surface area contributed by atoms with Crippen LogP contribution in [0.4, 0.5) is 0 Å². The van der Waals surface area contributed by atoms with Crippen molar-refractivity contribution in [1.82, 2.24) is 5.32 Å². The molecule has 0 bridgehead atoms. The van der Waals surface area contributed by atoms with Crippen LogP contribution < -0.4 is 5.32 Å². The van der Waals surface area contributed by atoms with Crippen molar-refractivity contribution in [3.8, 4) is 0 Å². The van der Waals surface area contributed by atoms with Gasteiger partial charge >= 0.3 is 0 Å². The Hall–Kier alpha value is -0.860. The zero-order valence-corrected chi connectivity index (χ0v) is 13.0. The van der Waals surface area contributed by atoms with Crippen LogP contribution >= 0.6 is 0 Å². The summed E-state index contributed by atoms with van der Waals surface area (Å²) in [6.07, 6.45) is 8.39. The molecule has 0 heterocycles. The molecule has 0 spiro atoms. The van der Waals surface area contributed by atoms with Crippen LogP contribution in [0.3, 0.4) is 0 Å². The molecule has 2 unspecified atom stereocenters. The minimum atomic E-state index is 0.166. The number of likely N-dealkylation sites (N-methyl/N-ethyl adjacent to an activating group) is 1. The van der Waals surface area contributed by atoms with E-state index in [1.807, 2.05) is 7.11 Å². The summed E-state index contributed by atoms with van der Waals surface area (Å²) in [4.78, 5) is 0. The van der Waals surface area contributed by atoms with Gasteiger partial charge in [0.2, 0.25) is 0 Å². The Morgan fingerprint density at radius 1 is 1.10 bits per heavy atom. The third-order valence-corrected chi connectivity index (χ3v) is 4.56. The average molecular weight is 275 g/mol. The van der Waals surface area contributed by atoms with E-state index in [0.29, 0.717) is 6.04 Å². The lowest BCUT2D eigenvalue weighted by Crippen LogP contribution is -2.41. The van der Waals surface area contributed by atoms with Gasteiger partial charge in [-0.1, -0.05) is 62.9 Å². The van der Waals surface area contributed by atoms with E-state index in [-0.39, 0.29) is 6.10 Å². The molecule has 1 fully saturated rings. The normalized spacial score (nSPS) is 20.3. The van der Waals surface area contributed by atoms with E-state index in [9.17, 15) is 0 Å². The van der Waals surface area contributed by atoms with Crippen molar-refractivity contribution in [3.63, 3.8) is 0 Å². The van der Waals surface area contributed by atoms with Crippen LogP contribution in [0.15, 0.2) is 30.3 Å². The van der Waals surface area contributed by atoms with Crippen molar-refractivity contribution in [1.29, 1.82) is 0 Å². The second kappa shape index (κ2) is 8.43. The van der Waals surface area contributed by atoms with Crippen LogP contribution in [0.5, 0.6) is 0 Å². The van der Waals surface area contributed by atoms with Crippen LogP contribution in [0, 0.1) is 5.92 Å². The summed E-state index contributed by atoms with van der Waals surface area (Å²) in [5.74, 6) is 0.739. The molecule has 1 saturated carbocycles. The van der Waals surface area contributed by atoms with E-state index in [1.54, 1.807) is 0 Å². The molecule has 1 aliphatic carbocycles. The fraction of sp³-hybridized carbons (Fsp3) is 0.667. The van der Waals surface area contributed by atoms with Gasteiger partial charge in [-0.05, 0) is 30.9 Å². The molecule has 2 atom stereocenters. The molecule has 0 radical (unpaired) electrons. The SMILES string of the molecule is CCNC(C1CCCCCC1)C(OC)c1ccccc1. The highest BCUT2D eigenvalue weighted by atomic mass is 16.5. The number of benzene rings is 1. The lowest BCUT2D eigenvalue weighted by Gasteiger charge is -2.33. The smallest absolute Gasteiger partial charge is 0.0976 e. The maximum Gasteiger partial charge on any atom is 0.0976 e. The van der Waals surface area contributed by atoms with Gasteiger partial charge in [0, 0.05) is 13.2 Å². The van der Waals surface area contributed by atoms with E-state index >= 15 is 0 Å². The first-order valence-corrected chi connectivity index (χ1v) is 8.18. The number of methoxy groups -OCH3 is 1. The molecule has 0 aliphatic heterocycles. The number of nitrogens with one attached hydrogen (secondary N) is 1. The summed E-state index contributed by atoms with van der Waals surface area (Å²) in [6.45, 7) is 3.20. The predicted octanol–water partition coefficient (Wildman–Crippen LogP) is 4.32. The zero-order valence-electron chi connectivity index (χ0n) is 13.0. The summed E-state index contributed by atoms with van der Waals surface area (Å²) in [5.41, 5.74) is 1.30. The van der Waals surface area contributed by atoms with Gasteiger partial charge in [0.15, 0.2) is 0 Å². The quantitative estimate of drug-likeness (QED) is 0.781. The van der Waals surface area contributed by atoms with Gasteiger partial charge in [-0.2, -0.15) is 0 Å². The average Bonchev–Trinajstić information content (AvgIpc) is 2.77. The number of hydrogen-bond donors (Lipinski definition) is 1. The summed E-state index contributed by atoms with van der Waals surface area (Å²) in [6, 6.07) is 11.1. The maximum atomic E-state index is 5.88. The molecule has 1 aliphatic rings. The molecule has 20 heavy (non-hydrogen) atoms. The highest BCUT2D eigenvalue weighted by Gasteiger charge is 2.30. The third-order valence-electron chi connectivity index (χ3n) is 4.56. The minimum Gasteiger partial charge on any atom is -0.375 e. The molecule has 1 aromatic carbocycles. The fourth-order valence-electron chi connectivity index (χ4n) is 3.56. The summed E-state index contributed by atoms with van der Waals surface area (Å²) in [7, 11) is 1.85. The molecule has 2 nitrogen and oxygen atoms in total. The highest BCUT2D eigenvalue weighted by molar-refractivity contribution is 5.19. The second-order valence-electron chi connectivity index (χ2n) is 5.90. The van der Waals surface area contributed by atoms with Crippen LogP contribution in [0.2, 0.25) is 0 Å². The van der Waals surface area contributed by atoms with Gasteiger partial charge < -0.3 is 10.1 Å². The number of hydrogen-bond acceptors (Lipinski definition) is 2. The molecule has 2 heteroatoms. The van der Waals surface area contributed by atoms with Crippen LogP contribution in [-0.2, 0) is 4.74 Å². The lowest BCUT2D eigenvalue weighted by molar-refractivity contribution is 0.0435. The van der Waals surface area contributed by atoms with Crippen molar-refractivity contribution >= 4 is 0 Å². The largest absolute Gasteiger partial charge is 0.375 e. The first-order chi connectivity index (χ1) is 9.86. The Morgan fingerprint density at radius 2 is 1.75 bits per heavy atom. The van der Waals surface area contributed by atoms with Crippen molar-refractivity contribution in [2.24, 2.45) is 5.92 Å². The zero-order chi connectivity index (χ0) is 14.2. The Morgan fingerprint density at radius 3 is 2.30 bits per heavy atom. The van der Waals surface area contributed by atoms with Gasteiger partial charge in [0.25, 0.3) is 0 Å². The lowest BCUT2D eigenvalue weighted by atomic mass is 9.85. The molecule has 0 aromatic heterocycles. The Kier molecular flexibility index (Phi) is 6.55. The molecule has 112 valence electrons. The fourth-order valence-corrected chi connectivity index (χ4v) is 3.56. The Balaban J connectivity index is 2.16. The third kappa shape index (κ3) is 4.07. The van der Waals surface area contributed by atoms with Crippen molar-refractivity contribution < 1.29 is 4.74 Å². The molecule has 0 amide bonds. The standard InChI is InChI=1S/C18H29NO/c1-3-19-17(15-11-7-4-5-8-12-15)18(20-2)16-13-9-6-10-14-16/h6,9-10,13-15,17-19H,3-5,7-8,11-12H2,1-2H3. The van der Waals surface area contributed by atoms with Gasteiger partial charge in [-0.3, -0.25) is 0 Å². The van der Waals surface area contributed by atoms with Gasteiger partial charge in [0.05, 0.1) is 6.10 Å².